The summed E-state index contributed by atoms with van der Waals surface area (Å²) >= 11 is 0. The van der Waals surface area contributed by atoms with Gasteiger partial charge in [-0.25, -0.2) is 0 Å². The molecule has 52 heavy (non-hydrogen) atoms. The smallest absolute Gasteiger partial charge is 0.0541 e. The molecule has 0 amide bonds. The Kier molecular flexibility index (Phi) is 7.18. The highest BCUT2D eigenvalue weighted by Crippen LogP contribution is 2.37. The van der Waals surface area contributed by atoms with Crippen LogP contribution in [0.5, 0.6) is 0 Å². The maximum Gasteiger partial charge on any atom is 0.0541 e. The van der Waals surface area contributed by atoms with Crippen molar-refractivity contribution in [2.45, 2.75) is 0 Å². The molecule has 0 fully saturated rings. The van der Waals surface area contributed by atoms with Crippen LogP contribution in [0.1, 0.15) is 11.1 Å². The predicted molar refractivity (Wildman–Crippen MR) is 221 cm³/mol. The molecule has 10 rings (SSSR count). The summed E-state index contributed by atoms with van der Waals surface area (Å²) in [6.45, 7) is 0. The average Bonchev–Trinajstić information content (AvgIpc) is 3.73. The van der Waals surface area contributed by atoms with Crippen LogP contribution in [0.4, 0.5) is 0 Å². The zero-order valence-corrected chi connectivity index (χ0v) is 28.5. The quantitative estimate of drug-likeness (QED) is 0.157. The van der Waals surface area contributed by atoms with Crippen molar-refractivity contribution in [2.24, 2.45) is 0 Å². The molecule has 0 bridgehead atoms. The summed E-state index contributed by atoms with van der Waals surface area (Å²) in [7, 11) is 0. The molecule has 2 aromatic heterocycles. The first-order valence-electron chi connectivity index (χ1n) is 17.9. The Bertz CT molecular complexity index is 2870. The number of hydrogen-bond donors (Lipinski definition) is 0. The second-order valence-electron chi connectivity index (χ2n) is 13.4. The molecule has 10 aromatic rings. The van der Waals surface area contributed by atoms with Gasteiger partial charge in [0, 0.05) is 32.8 Å². The lowest BCUT2D eigenvalue weighted by atomic mass is 10.0. The van der Waals surface area contributed by atoms with E-state index in [4.69, 9.17) is 0 Å². The van der Waals surface area contributed by atoms with Crippen LogP contribution in [-0.2, 0) is 0 Å². The van der Waals surface area contributed by atoms with Crippen molar-refractivity contribution in [1.29, 1.82) is 0 Å². The Morgan fingerprint density at radius 3 is 1.40 bits per heavy atom. The third-order valence-corrected chi connectivity index (χ3v) is 10.3. The summed E-state index contributed by atoms with van der Waals surface area (Å²) in [5.41, 5.74) is 14.4. The summed E-state index contributed by atoms with van der Waals surface area (Å²) in [4.78, 5) is 0. The second-order valence-corrected chi connectivity index (χ2v) is 13.4. The monoisotopic (exact) mass is 662 g/mol. The standard InChI is InChI=1S/C50H34N2/c1-2-12-40(13-3-1)51-47-19-9-7-17-44(47)45-34-39(32-33-50(45)51)37-28-24-35(25-29-37)22-23-36-26-30-38(31-27-36)41-14-4-8-18-46(41)52-48-20-10-5-15-42(48)43-16-6-11-21-49(43)52/h1-34H/b23-22+. The minimum Gasteiger partial charge on any atom is -0.309 e. The summed E-state index contributed by atoms with van der Waals surface area (Å²) in [6, 6.07) is 70.0. The highest BCUT2D eigenvalue weighted by Gasteiger charge is 2.15. The minimum absolute atomic E-state index is 1.17. The fourth-order valence-electron chi connectivity index (χ4n) is 7.86. The van der Waals surface area contributed by atoms with Crippen LogP contribution in [-0.4, -0.2) is 9.13 Å². The van der Waals surface area contributed by atoms with Crippen LogP contribution < -0.4 is 0 Å². The molecular formula is C50H34N2. The van der Waals surface area contributed by atoms with Gasteiger partial charge in [0.1, 0.15) is 0 Å². The second kappa shape index (κ2) is 12.5. The van der Waals surface area contributed by atoms with Crippen molar-refractivity contribution in [1.82, 2.24) is 9.13 Å². The van der Waals surface area contributed by atoms with Crippen LogP contribution in [0.25, 0.3) is 89.4 Å². The maximum atomic E-state index is 2.40. The van der Waals surface area contributed by atoms with Gasteiger partial charge in [-0.05, 0) is 76.3 Å². The molecule has 0 aliphatic rings. The Morgan fingerprint density at radius 2 is 0.769 bits per heavy atom. The van der Waals surface area contributed by atoms with Gasteiger partial charge in [-0.2, -0.15) is 0 Å². The number of para-hydroxylation sites is 5. The van der Waals surface area contributed by atoms with E-state index in [-0.39, 0.29) is 0 Å². The van der Waals surface area contributed by atoms with Gasteiger partial charge in [-0.15, -0.1) is 0 Å². The molecule has 0 aliphatic heterocycles. The largest absolute Gasteiger partial charge is 0.309 e. The SMILES string of the molecule is C(=C\c1ccc(-c2ccccc2-n2c3ccccc3c3ccccc32)cc1)/c1ccc(-c2ccc3c(c2)c2ccccc2n3-c2ccccc2)cc1. The first-order valence-corrected chi connectivity index (χ1v) is 17.9. The molecular weight excluding hydrogens is 629 g/mol. The minimum atomic E-state index is 1.17. The van der Waals surface area contributed by atoms with Crippen molar-refractivity contribution in [3.05, 3.63) is 205 Å². The Morgan fingerprint density at radius 1 is 0.308 bits per heavy atom. The fraction of sp³-hybridized carbons (Fsp3) is 0. The van der Waals surface area contributed by atoms with E-state index in [1.165, 1.54) is 88.4 Å². The van der Waals surface area contributed by atoms with E-state index >= 15 is 0 Å². The molecule has 0 saturated heterocycles. The first kappa shape index (κ1) is 30.0. The summed E-state index contributed by atoms with van der Waals surface area (Å²) < 4.78 is 4.76. The normalized spacial score (nSPS) is 11.8. The lowest BCUT2D eigenvalue weighted by Crippen LogP contribution is -1.96. The third-order valence-electron chi connectivity index (χ3n) is 10.3. The lowest BCUT2D eigenvalue weighted by molar-refractivity contribution is 1.18. The van der Waals surface area contributed by atoms with E-state index < -0.39 is 0 Å². The Labute approximate surface area is 302 Å². The molecule has 0 N–H and O–H groups in total. The van der Waals surface area contributed by atoms with Crippen molar-refractivity contribution in [3.8, 4) is 33.6 Å². The van der Waals surface area contributed by atoms with Gasteiger partial charge in [-0.1, -0.05) is 158 Å². The molecule has 2 heteroatoms. The van der Waals surface area contributed by atoms with E-state index in [1.54, 1.807) is 0 Å². The first-order chi connectivity index (χ1) is 25.8. The number of nitrogens with zero attached hydrogens (tertiary/aromatic N) is 2. The molecule has 0 unspecified atom stereocenters. The molecule has 0 saturated carbocycles. The van der Waals surface area contributed by atoms with Crippen LogP contribution in [0.15, 0.2) is 194 Å². The van der Waals surface area contributed by atoms with Gasteiger partial charge >= 0.3 is 0 Å². The predicted octanol–water partition coefficient (Wildman–Crippen LogP) is 13.4. The van der Waals surface area contributed by atoms with Gasteiger partial charge in [0.25, 0.3) is 0 Å². The summed E-state index contributed by atoms with van der Waals surface area (Å²) in [5.74, 6) is 0. The highest BCUT2D eigenvalue weighted by atomic mass is 15.0. The molecule has 0 aliphatic carbocycles. The maximum absolute atomic E-state index is 2.40. The number of fused-ring (bicyclic) bond motifs is 6. The fourth-order valence-corrected chi connectivity index (χ4v) is 7.86. The van der Waals surface area contributed by atoms with Crippen molar-refractivity contribution < 1.29 is 0 Å². The third kappa shape index (κ3) is 5.04. The lowest BCUT2D eigenvalue weighted by Gasteiger charge is -2.14. The molecule has 244 valence electrons. The van der Waals surface area contributed by atoms with Gasteiger partial charge in [0.15, 0.2) is 0 Å². The summed E-state index contributed by atoms with van der Waals surface area (Å²) in [5, 5.41) is 5.08. The van der Waals surface area contributed by atoms with Gasteiger partial charge in [-0.3, -0.25) is 0 Å². The zero-order valence-electron chi connectivity index (χ0n) is 28.5. The average molecular weight is 663 g/mol. The van der Waals surface area contributed by atoms with E-state index in [9.17, 15) is 0 Å². The van der Waals surface area contributed by atoms with Crippen molar-refractivity contribution >= 4 is 55.8 Å². The van der Waals surface area contributed by atoms with Crippen LogP contribution >= 0.6 is 0 Å². The molecule has 0 atom stereocenters. The Balaban J connectivity index is 0.925. The zero-order chi connectivity index (χ0) is 34.4. The molecule has 2 heterocycles. The van der Waals surface area contributed by atoms with E-state index in [1.807, 2.05) is 0 Å². The van der Waals surface area contributed by atoms with E-state index in [0.29, 0.717) is 0 Å². The van der Waals surface area contributed by atoms with Crippen LogP contribution in [0.2, 0.25) is 0 Å². The number of aromatic nitrogens is 2. The molecule has 0 radical (unpaired) electrons. The number of benzene rings is 8. The number of hydrogen-bond acceptors (Lipinski definition) is 0. The van der Waals surface area contributed by atoms with Gasteiger partial charge in [0.05, 0.1) is 27.8 Å². The number of rotatable bonds is 6. The Hall–Kier alpha value is -6.90. The van der Waals surface area contributed by atoms with Crippen LogP contribution in [0.3, 0.4) is 0 Å². The van der Waals surface area contributed by atoms with E-state index in [2.05, 4.69) is 215 Å². The summed E-state index contributed by atoms with van der Waals surface area (Å²) in [6.07, 6.45) is 4.39. The van der Waals surface area contributed by atoms with E-state index in [0.717, 1.165) is 0 Å². The van der Waals surface area contributed by atoms with Gasteiger partial charge < -0.3 is 9.13 Å². The topological polar surface area (TPSA) is 9.86 Å². The molecule has 0 spiro atoms. The highest BCUT2D eigenvalue weighted by molar-refractivity contribution is 6.11. The van der Waals surface area contributed by atoms with Crippen molar-refractivity contribution in [2.75, 3.05) is 0 Å². The molecule has 2 nitrogen and oxygen atoms in total. The molecule has 8 aromatic carbocycles. The van der Waals surface area contributed by atoms with Gasteiger partial charge in [0.2, 0.25) is 0 Å². The van der Waals surface area contributed by atoms with Crippen LogP contribution in [0, 0.1) is 0 Å². The van der Waals surface area contributed by atoms with Crippen molar-refractivity contribution in [3.63, 3.8) is 0 Å².